The van der Waals surface area contributed by atoms with Gasteiger partial charge in [-0.2, -0.15) is 0 Å². The normalized spacial score (nSPS) is 14.1. The van der Waals surface area contributed by atoms with E-state index in [1.807, 2.05) is 0 Å². The minimum atomic E-state index is -1.53. The van der Waals surface area contributed by atoms with Crippen LogP contribution in [0.5, 0.6) is 0 Å². The van der Waals surface area contributed by atoms with Crippen molar-refractivity contribution in [1.29, 1.82) is 0 Å². The summed E-state index contributed by atoms with van der Waals surface area (Å²) in [6.07, 6.45) is 3.42. The molecule has 0 saturated heterocycles. The molecule has 0 bridgehead atoms. The number of aliphatic imine (C=N–C) groups is 1. The minimum Gasteiger partial charge on any atom is -0.480 e. The monoisotopic (exact) mass is 517 g/mol. The van der Waals surface area contributed by atoms with Gasteiger partial charge in [0, 0.05) is 6.54 Å². The molecule has 0 aromatic heterocycles. The van der Waals surface area contributed by atoms with Gasteiger partial charge in [0.25, 0.3) is 0 Å². The Morgan fingerprint density at radius 1 is 0.722 bits per heavy atom. The van der Waals surface area contributed by atoms with Crippen molar-refractivity contribution >= 4 is 29.7 Å². The number of carboxylic acid groups (broad SMARTS) is 1. The zero-order valence-electron chi connectivity index (χ0n) is 20.7. The lowest BCUT2D eigenvalue weighted by molar-refractivity contribution is -0.143. The van der Waals surface area contributed by atoms with Crippen molar-refractivity contribution in [3.8, 4) is 0 Å². The number of aliphatic carboxylic acids is 1. The number of carbonyl (C=O) groups excluding carboxylic acids is 3. The van der Waals surface area contributed by atoms with Crippen LogP contribution in [0.2, 0.25) is 0 Å². The zero-order chi connectivity index (χ0) is 27.5. The molecule has 15 nitrogen and oxygen atoms in total. The number of hydrogen-bond acceptors (Lipinski definition) is 9. The molecular formula is C21H43N9O6. The Balaban J connectivity index is 5.48. The maximum Gasteiger partial charge on any atom is 0.328 e. The highest BCUT2D eigenvalue weighted by Crippen LogP contribution is 2.06. The topological polar surface area (TPSA) is 287 Å². The van der Waals surface area contributed by atoms with E-state index < -0.39 is 54.5 Å². The lowest BCUT2D eigenvalue weighted by Gasteiger charge is -2.25. The lowest BCUT2D eigenvalue weighted by Crippen LogP contribution is -2.57. The van der Waals surface area contributed by atoms with Crippen LogP contribution in [0.25, 0.3) is 0 Å². The predicted molar refractivity (Wildman–Crippen MR) is 134 cm³/mol. The average molecular weight is 518 g/mol. The summed E-state index contributed by atoms with van der Waals surface area (Å²) in [5, 5.41) is 25.7. The van der Waals surface area contributed by atoms with Gasteiger partial charge in [0.05, 0.1) is 12.6 Å². The number of unbranched alkanes of at least 4 members (excludes halogenated alkanes) is 2. The van der Waals surface area contributed by atoms with Gasteiger partial charge in [0.2, 0.25) is 17.7 Å². The van der Waals surface area contributed by atoms with Crippen LogP contribution in [0.4, 0.5) is 0 Å². The first-order chi connectivity index (χ1) is 17.1. The molecule has 0 aliphatic carbocycles. The summed E-state index contributed by atoms with van der Waals surface area (Å²) < 4.78 is 0. The molecule has 0 aromatic rings. The Hall–Kier alpha value is -3.01. The number of aliphatic hydroxyl groups is 1. The van der Waals surface area contributed by atoms with E-state index in [1.54, 1.807) is 0 Å². The van der Waals surface area contributed by atoms with E-state index in [1.165, 1.54) is 0 Å². The van der Waals surface area contributed by atoms with E-state index >= 15 is 0 Å². The molecule has 0 rings (SSSR count). The highest BCUT2D eigenvalue weighted by Gasteiger charge is 2.29. The number of hydrogen-bond donors (Lipinski definition) is 10. The van der Waals surface area contributed by atoms with Crippen molar-refractivity contribution in [1.82, 2.24) is 16.0 Å². The quantitative estimate of drug-likeness (QED) is 0.0423. The second-order valence-corrected chi connectivity index (χ2v) is 8.33. The highest BCUT2D eigenvalue weighted by molar-refractivity contribution is 5.94. The molecule has 0 aliphatic rings. The summed E-state index contributed by atoms with van der Waals surface area (Å²) in [4.78, 5) is 53.4. The SMILES string of the molecule is NCCCC[C@H](NC(=O)[C@H](CCCN=C(N)N)NC(=O)[C@@H](N)CCCCN)C(=O)N[C@@H](CO)C(=O)O. The summed E-state index contributed by atoms with van der Waals surface area (Å²) in [6.45, 7) is 0.219. The first kappa shape index (κ1) is 33.0. The molecule has 0 aromatic carbocycles. The number of carbonyl (C=O) groups is 4. The van der Waals surface area contributed by atoms with E-state index in [0.29, 0.717) is 51.6 Å². The van der Waals surface area contributed by atoms with Gasteiger partial charge in [0.1, 0.15) is 18.1 Å². The number of rotatable bonds is 20. The number of nitrogens with one attached hydrogen (secondary N) is 3. The average Bonchev–Trinajstić information content (AvgIpc) is 2.83. The fraction of sp³-hybridized carbons (Fsp3) is 0.762. The van der Waals surface area contributed by atoms with Gasteiger partial charge >= 0.3 is 5.97 Å². The van der Waals surface area contributed by atoms with Crippen LogP contribution in [0.1, 0.15) is 51.4 Å². The molecule has 0 heterocycles. The van der Waals surface area contributed by atoms with Crippen molar-refractivity contribution in [2.45, 2.75) is 75.5 Å². The van der Waals surface area contributed by atoms with Gasteiger partial charge in [-0.3, -0.25) is 19.4 Å². The molecule has 4 atom stereocenters. The van der Waals surface area contributed by atoms with Crippen LogP contribution >= 0.6 is 0 Å². The molecule has 36 heavy (non-hydrogen) atoms. The molecule has 15 heteroatoms. The Morgan fingerprint density at radius 3 is 1.67 bits per heavy atom. The molecular weight excluding hydrogens is 474 g/mol. The molecule has 0 spiro atoms. The van der Waals surface area contributed by atoms with E-state index in [0.717, 1.165) is 0 Å². The number of aliphatic hydroxyl groups excluding tert-OH is 1. The third-order valence-electron chi connectivity index (χ3n) is 5.26. The summed E-state index contributed by atoms with van der Waals surface area (Å²) >= 11 is 0. The van der Waals surface area contributed by atoms with E-state index in [4.69, 9.17) is 33.8 Å². The zero-order valence-corrected chi connectivity index (χ0v) is 20.7. The van der Waals surface area contributed by atoms with Crippen LogP contribution in [0.3, 0.4) is 0 Å². The second kappa shape index (κ2) is 19.2. The Morgan fingerprint density at radius 2 is 1.19 bits per heavy atom. The van der Waals surface area contributed by atoms with Gasteiger partial charge in [0.15, 0.2) is 5.96 Å². The molecule has 0 aliphatic heterocycles. The summed E-state index contributed by atoms with van der Waals surface area (Å²) in [6, 6.07) is -4.56. The van der Waals surface area contributed by atoms with Crippen LogP contribution in [-0.4, -0.2) is 90.3 Å². The van der Waals surface area contributed by atoms with Crippen LogP contribution in [0.15, 0.2) is 4.99 Å². The standard InChI is InChI=1S/C21H43N9O6/c22-9-3-1-6-13(24)17(32)28-15(8-5-11-27-21(25)26)18(33)29-14(7-2-4-10-23)19(34)30-16(12-31)20(35)36/h13-16,31H,1-12,22-24H2,(H,28,32)(H,29,33)(H,30,34)(H,35,36)(H4,25,26,27)/t13-,14-,15-,16-/m0/s1. The molecule has 0 fully saturated rings. The lowest BCUT2D eigenvalue weighted by atomic mass is 10.0. The Labute approximate surface area is 211 Å². The third-order valence-corrected chi connectivity index (χ3v) is 5.26. The summed E-state index contributed by atoms with van der Waals surface area (Å²) in [5.41, 5.74) is 27.5. The molecule has 0 radical (unpaired) electrons. The van der Waals surface area contributed by atoms with Gasteiger partial charge < -0.3 is 54.8 Å². The van der Waals surface area contributed by atoms with Crippen molar-refractivity contribution in [2.24, 2.45) is 33.7 Å². The van der Waals surface area contributed by atoms with Crippen LogP contribution < -0.4 is 44.6 Å². The van der Waals surface area contributed by atoms with Crippen molar-refractivity contribution in [3.05, 3.63) is 0 Å². The van der Waals surface area contributed by atoms with Gasteiger partial charge in [-0.25, -0.2) is 4.79 Å². The Bertz CT molecular complexity index is 718. The smallest absolute Gasteiger partial charge is 0.328 e. The highest BCUT2D eigenvalue weighted by atomic mass is 16.4. The fourth-order valence-corrected chi connectivity index (χ4v) is 3.18. The number of nitrogens with two attached hydrogens (primary N) is 5. The van der Waals surface area contributed by atoms with Gasteiger partial charge in [-0.15, -0.1) is 0 Å². The number of nitrogens with zero attached hydrogens (tertiary/aromatic N) is 1. The molecule has 0 saturated carbocycles. The van der Waals surface area contributed by atoms with E-state index in [-0.39, 0.29) is 25.3 Å². The van der Waals surface area contributed by atoms with Gasteiger partial charge in [-0.1, -0.05) is 6.42 Å². The maximum atomic E-state index is 13.1. The molecule has 3 amide bonds. The predicted octanol–water partition coefficient (Wildman–Crippen LogP) is -3.84. The molecule has 15 N–H and O–H groups in total. The third kappa shape index (κ3) is 14.4. The minimum absolute atomic E-state index is 0.115. The first-order valence-electron chi connectivity index (χ1n) is 12.0. The van der Waals surface area contributed by atoms with Crippen LogP contribution in [0, 0.1) is 0 Å². The van der Waals surface area contributed by atoms with Crippen molar-refractivity contribution in [2.75, 3.05) is 26.2 Å². The number of guanidine groups is 1. The van der Waals surface area contributed by atoms with Gasteiger partial charge in [-0.05, 0) is 58.0 Å². The summed E-state index contributed by atoms with van der Waals surface area (Å²) in [5.74, 6) is -3.52. The second-order valence-electron chi connectivity index (χ2n) is 8.33. The van der Waals surface area contributed by atoms with Crippen molar-refractivity contribution < 1.29 is 29.4 Å². The molecule has 0 unspecified atom stereocenters. The molecule has 208 valence electrons. The van der Waals surface area contributed by atoms with Crippen LogP contribution in [-0.2, 0) is 19.2 Å². The first-order valence-corrected chi connectivity index (χ1v) is 12.0. The fourth-order valence-electron chi connectivity index (χ4n) is 3.18. The summed E-state index contributed by atoms with van der Waals surface area (Å²) in [7, 11) is 0. The Kier molecular flexibility index (Phi) is 17.6. The number of carboxylic acids is 1. The largest absolute Gasteiger partial charge is 0.480 e. The number of amides is 3. The maximum absolute atomic E-state index is 13.1. The van der Waals surface area contributed by atoms with E-state index in [9.17, 15) is 24.3 Å². The van der Waals surface area contributed by atoms with Crippen molar-refractivity contribution in [3.63, 3.8) is 0 Å². The van der Waals surface area contributed by atoms with E-state index in [2.05, 4.69) is 20.9 Å².